The number of piperazine rings is 1. The van der Waals surface area contributed by atoms with E-state index in [1.807, 2.05) is 18.2 Å². The van der Waals surface area contributed by atoms with E-state index in [-0.39, 0.29) is 5.91 Å². The monoisotopic (exact) mass is 428 g/mol. The molecule has 152 valence electrons. The first kappa shape index (κ1) is 20.4. The minimum absolute atomic E-state index is 0.0246. The molecule has 0 unspecified atom stereocenters. The summed E-state index contributed by atoms with van der Waals surface area (Å²) < 4.78 is 0. The summed E-state index contributed by atoms with van der Waals surface area (Å²) in [6.07, 6.45) is 4.29. The quantitative estimate of drug-likeness (QED) is 0.784. The number of anilines is 1. The van der Waals surface area contributed by atoms with E-state index in [0.29, 0.717) is 12.1 Å². The van der Waals surface area contributed by atoms with Gasteiger partial charge in [0.15, 0.2) is 0 Å². The van der Waals surface area contributed by atoms with Crippen molar-refractivity contribution in [2.75, 3.05) is 38.0 Å². The number of fused-ring (bicyclic) bond motifs is 1. The highest BCUT2D eigenvalue weighted by molar-refractivity contribution is 7.16. The molecule has 0 saturated carbocycles. The molecule has 1 N–H and O–H groups in total. The minimum Gasteiger partial charge on any atom is -0.315 e. The van der Waals surface area contributed by atoms with E-state index >= 15 is 0 Å². The number of halogens is 1. The van der Waals surface area contributed by atoms with Crippen LogP contribution in [0, 0.1) is 11.3 Å². The summed E-state index contributed by atoms with van der Waals surface area (Å²) in [6.45, 7) is 4.83. The predicted octanol–water partition coefficient (Wildman–Crippen LogP) is 3.91. The topological polar surface area (TPSA) is 59.4 Å². The maximum absolute atomic E-state index is 12.6. The largest absolute Gasteiger partial charge is 0.315 e. The molecule has 1 aliphatic heterocycles. The van der Waals surface area contributed by atoms with Crippen LogP contribution in [0.15, 0.2) is 24.3 Å². The average molecular weight is 429 g/mol. The lowest BCUT2D eigenvalue weighted by atomic mass is 9.96. The molecule has 2 aromatic rings. The van der Waals surface area contributed by atoms with E-state index in [0.717, 1.165) is 67.6 Å². The molecule has 0 radical (unpaired) electrons. The Morgan fingerprint density at radius 2 is 1.93 bits per heavy atom. The fourth-order valence-electron chi connectivity index (χ4n) is 4.14. The molecule has 0 spiro atoms. The Kier molecular flexibility index (Phi) is 6.51. The van der Waals surface area contributed by atoms with Gasteiger partial charge in [-0.1, -0.05) is 23.7 Å². The van der Waals surface area contributed by atoms with Crippen LogP contribution < -0.4 is 5.32 Å². The number of carbonyl (C=O) groups is 1. The van der Waals surface area contributed by atoms with Gasteiger partial charge in [0.25, 0.3) is 0 Å². The van der Waals surface area contributed by atoms with Crippen molar-refractivity contribution in [3.8, 4) is 6.07 Å². The molecule has 0 atom stereocenters. The van der Waals surface area contributed by atoms with Crippen LogP contribution in [-0.4, -0.2) is 48.4 Å². The van der Waals surface area contributed by atoms with Gasteiger partial charge in [0.05, 0.1) is 12.1 Å². The van der Waals surface area contributed by atoms with E-state index in [4.69, 9.17) is 11.6 Å². The number of hydrogen-bond donors (Lipinski definition) is 1. The number of nitriles is 1. The van der Waals surface area contributed by atoms with Crippen molar-refractivity contribution in [2.24, 2.45) is 0 Å². The van der Waals surface area contributed by atoms with Crippen molar-refractivity contribution < 1.29 is 4.79 Å². The molecule has 1 amide bonds. The van der Waals surface area contributed by atoms with Gasteiger partial charge in [0.1, 0.15) is 11.1 Å². The van der Waals surface area contributed by atoms with Gasteiger partial charge < -0.3 is 5.32 Å². The van der Waals surface area contributed by atoms with Gasteiger partial charge >= 0.3 is 0 Å². The van der Waals surface area contributed by atoms with E-state index in [2.05, 4.69) is 27.3 Å². The van der Waals surface area contributed by atoms with Crippen molar-refractivity contribution in [2.45, 2.75) is 32.2 Å². The Morgan fingerprint density at radius 3 is 2.69 bits per heavy atom. The van der Waals surface area contributed by atoms with Crippen LogP contribution in [-0.2, 0) is 24.2 Å². The Balaban J connectivity index is 1.28. The Morgan fingerprint density at radius 1 is 1.17 bits per heavy atom. The van der Waals surface area contributed by atoms with E-state index < -0.39 is 0 Å². The van der Waals surface area contributed by atoms with Gasteiger partial charge in [0.2, 0.25) is 5.91 Å². The van der Waals surface area contributed by atoms with Crippen molar-refractivity contribution in [3.05, 3.63) is 50.9 Å². The first-order chi connectivity index (χ1) is 14.1. The Labute approximate surface area is 180 Å². The molecule has 0 bridgehead atoms. The molecule has 5 nitrogen and oxygen atoms in total. The number of amides is 1. The van der Waals surface area contributed by atoms with Gasteiger partial charge in [-0.05, 0) is 48.9 Å². The predicted molar refractivity (Wildman–Crippen MR) is 117 cm³/mol. The summed E-state index contributed by atoms with van der Waals surface area (Å²) in [6, 6.07) is 10.3. The van der Waals surface area contributed by atoms with E-state index in [9.17, 15) is 10.1 Å². The number of nitrogens with zero attached hydrogens (tertiary/aromatic N) is 3. The van der Waals surface area contributed by atoms with Crippen LogP contribution in [0.3, 0.4) is 0 Å². The second-order valence-electron chi connectivity index (χ2n) is 7.76. The number of hydrogen-bond acceptors (Lipinski definition) is 5. The molecule has 2 heterocycles. The second-order valence-corrected chi connectivity index (χ2v) is 9.30. The third-order valence-corrected chi connectivity index (χ3v) is 7.11. The van der Waals surface area contributed by atoms with Gasteiger partial charge in [-0.15, -0.1) is 11.3 Å². The molecule has 2 aliphatic rings. The number of benzene rings is 1. The van der Waals surface area contributed by atoms with Crippen molar-refractivity contribution in [1.82, 2.24) is 9.80 Å². The molecule has 1 aliphatic carbocycles. The third kappa shape index (κ3) is 4.99. The molecule has 4 rings (SSSR count). The summed E-state index contributed by atoms with van der Waals surface area (Å²) in [5, 5.41) is 14.1. The van der Waals surface area contributed by atoms with Crippen LogP contribution >= 0.6 is 22.9 Å². The van der Waals surface area contributed by atoms with Gasteiger partial charge in [-0.3, -0.25) is 14.6 Å². The van der Waals surface area contributed by atoms with Gasteiger partial charge in [0, 0.05) is 42.6 Å². The number of rotatable bonds is 5. The highest BCUT2D eigenvalue weighted by Crippen LogP contribution is 2.37. The molecule has 7 heteroatoms. The second kappa shape index (κ2) is 9.27. The van der Waals surface area contributed by atoms with Crippen molar-refractivity contribution in [3.63, 3.8) is 0 Å². The molecule has 1 aromatic carbocycles. The number of nitrogens with one attached hydrogen (secondary N) is 1. The van der Waals surface area contributed by atoms with Crippen LogP contribution in [0.1, 0.15) is 34.4 Å². The van der Waals surface area contributed by atoms with Crippen LogP contribution in [0.2, 0.25) is 5.02 Å². The van der Waals surface area contributed by atoms with Crippen molar-refractivity contribution in [1.29, 1.82) is 5.26 Å². The maximum Gasteiger partial charge on any atom is 0.239 e. The van der Waals surface area contributed by atoms with Crippen molar-refractivity contribution >= 4 is 33.8 Å². The zero-order chi connectivity index (χ0) is 20.2. The summed E-state index contributed by atoms with van der Waals surface area (Å²) in [7, 11) is 0. The first-order valence-corrected chi connectivity index (χ1v) is 11.4. The van der Waals surface area contributed by atoms with E-state index in [1.165, 1.54) is 16.9 Å². The summed E-state index contributed by atoms with van der Waals surface area (Å²) >= 11 is 7.66. The number of aryl methyl sites for hydroxylation is 1. The maximum atomic E-state index is 12.6. The smallest absolute Gasteiger partial charge is 0.239 e. The number of carbonyl (C=O) groups excluding carboxylic acids is 1. The Hall–Kier alpha value is -1.91. The SMILES string of the molecule is N#Cc1c(NC(=O)CN2CCN(Cc3cccc(Cl)c3)CC2)sc2c1CCCC2. The standard InChI is InChI=1S/C22H25ClN4OS/c23-17-5-3-4-16(12-17)14-26-8-10-27(11-9-26)15-21(28)25-22-19(13-24)18-6-1-2-7-20(18)29-22/h3-5,12H,1-2,6-11,14-15H2,(H,25,28). The summed E-state index contributed by atoms with van der Waals surface area (Å²) in [5.74, 6) is -0.0246. The Bertz CT molecular complexity index is 927. The van der Waals surface area contributed by atoms with Gasteiger partial charge in [-0.25, -0.2) is 0 Å². The lowest BCUT2D eigenvalue weighted by Crippen LogP contribution is -2.48. The van der Waals surface area contributed by atoms with Crippen LogP contribution in [0.25, 0.3) is 0 Å². The summed E-state index contributed by atoms with van der Waals surface area (Å²) in [4.78, 5) is 18.4. The third-order valence-electron chi connectivity index (χ3n) is 5.66. The molecule has 29 heavy (non-hydrogen) atoms. The number of thiophene rings is 1. The zero-order valence-electron chi connectivity index (χ0n) is 16.4. The highest BCUT2D eigenvalue weighted by Gasteiger charge is 2.23. The summed E-state index contributed by atoms with van der Waals surface area (Å²) in [5.41, 5.74) is 3.06. The normalized spacial score (nSPS) is 17.5. The molecule has 1 saturated heterocycles. The zero-order valence-corrected chi connectivity index (χ0v) is 18.0. The van der Waals surface area contributed by atoms with E-state index in [1.54, 1.807) is 11.3 Å². The highest BCUT2D eigenvalue weighted by atomic mass is 35.5. The fraction of sp³-hybridized carbons (Fsp3) is 0.455. The first-order valence-electron chi connectivity index (χ1n) is 10.2. The fourth-order valence-corrected chi connectivity index (χ4v) is 5.61. The van der Waals surface area contributed by atoms with Crippen LogP contribution in [0.4, 0.5) is 5.00 Å². The average Bonchev–Trinajstić information content (AvgIpc) is 3.06. The lowest BCUT2D eigenvalue weighted by molar-refractivity contribution is -0.117. The van der Waals surface area contributed by atoms with Gasteiger partial charge in [-0.2, -0.15) is 5.26 Å². The van der Waals surface area contributed by atoms with Crippen LogP contribution in [0.5, 0.6) is 0 Å². The molecular weight excluding hydrogens is 404 g/mol. The molecule has 1 aromatic heterocycles. The molecular formula is C22H25ClN4OS. The lowest BCUT2D eigenvalue weighted by Gasteiger charge is -2.34. The minimum atomic E-state index is -0.0246. The molecule has 1 fully saturated rings.